The van der Waals surface area contributed by atoms with Gasteiger partial charge in [-0.2, -0.15) is 0 Å². The van der Waals surface area contributed by atoms with Crippen LogP contribution in [0.1, 0.15) is 20.7 Å². The van der Waals surface area contributed by atoms with Gasteiger partial charge in [0.05, 0.1) is 25.6 Å². The number of anilines is 2. The summed E-state index contributed by atoms with van der Waals surface area (Å²) >= 11 is 5.95. The fourth-order valence-corrected chi connectivity index (χ4v) is 2.89. The van der Waals surface area contributed by atoms with Gasteiger partial charge in [0.1, 0.15) is 11.5 Å². The fourth-order valence-electron chi connectivity index (χ4n) is 2.70. The number of hydrogen-bond acceptors (Lipinski definition) is 4. The van der Waals surface area contributed by atoms with E-state index in [-0.39, 0.29) is 11.8 Å². The van der Waals surface area contributed by atoms with Crippen molar-refractivity contribution in [3.8, 4) is 11.5 Å². The molecule has 3 aromatic rings. The molecule has 3 rings (SSSR count). The molecule has 0 fully saturated rings. The van der Waals surface area contributed by atoms with Gasteiger partial charge < -0.3 is 20.1 Å². The average Bonchev–Trinajstić information content (AvgIpc) is 2.74. The zero-order valence-electron chi connectivity index (χ0n) is 15.9. The highest BCUT2D eigenvalue weighted by atomic mass is 35.5. The molecule has 0 aliphatic rings. The normalized spacial score (nSPS) is 10.2. The van der Waals surface area contributed by atoms with Crippen LogP contribution in [0.4, 0.5) is 11.4 Å². The number of carbonyl (C=O) groups excluding carboxylic acids is 2. The molecule has 0 aliphatic heterocycles. The molecule has 7 heteroatoms. The Labute approximate surface area is 173 Å². The number of carbonyl (C=O) groups is 2. The van der Waals surface area contributed by atoms with E-state index in [1.165, 1.54) is 14.2 Å². The molecule has 0 saturated heterocycles. The summed E-state index contributed by atoms with van der Waals surface area (Å²) in [5, 5.41) is 6.03. The van der Waals surface area contributed by atoms with Crippen LogP contribution in [0.3, 0.4) is 0 Å². The number of nitrogens with one attached hydrogen (secondary N) is 2. The van der Waals surface area contributed by atoms with E-state index in [0.29, 0.717) is 39.0 Å². The number of rotatable bonds is 6. The lowest BCUT2D eigenvalue weighted by molar-refractivity contribution is 0.101. The van der Waals surface area contributed by atoms with E-state index in [9.17, 15) is 9.59 Å². The van der Waals surface area contributed by atoms with Crippen molar-refractivity contribution in [3.63, 3.8) is 0 Å². The van der Waals surface area contributed by atoms with E-state index in [1.54, 1.807) is 60.7 Å². The summed E-state index contributed by atoms with van der Waals surface area (Å²) in [6.45, 7) is 0. The van der Waals surface area contributed by atoms with Crippen LogP contribution >= 0.6 is 11.6 Å². The molecule has 0 aliphatic carbocycles. The van der Waals surface area contributed by atoms with Crippen LogP contribution in [0.15, 0.2) is 66.7 Å². The van der Waals surface area contributed by atoms with Gasteiger partial charge >= 0.3 is 0 Å². The molecule has 148 valence electrons. The number of benzene rings is 3. The average molecular weight is 411 g/mol. The van der Waals surface area contributed by atoms with Crippen molar-refractivity contribution in [2.45, 2.75) is 0 Å². The van der Waals surface area contributed by atoms with Crippen LogP contribution in [-0.2, 0) is 0 Å². The zero-order chi connectivity index (χ0) is 20.8. The highest BCUT2D eigenvalue weighted by Gasteiger charge is 2.17. The first kappa shape index (κ1) is 20.2. The lowest BCUT2D eigenvalue weighted by atomic mass is 10.1. The van der Waals surface area contributed by atoms with Gasteiger partial charge in [0.25, 0.3) is 11.8 Å². The summed E-state index contributed by atoms with van der Waals surface area (Å²) in [7, 11) is 2.95. The minimum Gasteiger partial charge on any atom is -0.494 e. The third kappa shape index (κ3) is 4.86. The zero-order valence-corrected chi connectivity index (χ0v) is 16.6. The summed E-state index contributed by atoms with van der Waals surface area (Å²) in [5.74, 6) is 0.0941. The Morgan fingerprint density at radius 1 is 0.724 bits per heavy atom. The van der Waals surface area contributed by atoms with E-state index in [0.717, 1.165) is 0 Å². The van der Waals surface area contributed by atoms with Crippen molar-refractivity contribution in [1.29, 1.82) is 0 Å². The Morgan fingerprint density at radius 2 is 1.24 bits per heavy atom. The van der Waals surface area contributed by atoms with Crippen molar-refractivity contribution in [1.82, 2.24) is 0 Å². The fraction of sp³-hybridized carbons (Fsp3) is 0.0909. The van der Waals surface area contributed by atoms with E-state index >= 15 is 0 Å². The van der Waals surface area contributed by atoms with Gasteiger partial charge in [-0.25, -0.2) is 0 Å². The topological polar surface area (TPSA) is 76.7 Å². The van der Waals surface area contributed by atoms with Gasteiger partial charge in [0.2, 0.25) is 0 Å². The van der Waals surface area contributed by atoms with Gasteiger partial charge in [-0.15, -0.1) is 0 Å². The lowest BCUT2D eigenvalue weighted by Crippen LogP contribution is -2.15. The van der Waals surface area contributed by atoms with Crippen molar-refractivity contribution >= 4 is 34.8 Å². The SMILES string of the molecule is COc1cc(NC(=O)c2cccc(Cl)c2)c(OC)cc1NC(=O)c1ccccc1. The van der Waals surface area contributed by atoms with Gasteiger partial charge in [-0.3, -0.25) is 9.59 Å². The Balaban J connectivity index is 1.88. The van der Waals surface area contributed by atoms with Crippen LogP contribution in [0, 0.1) is 0 Å². The predicted octanol–water partition coefficient (Wildman–Crippen LogP) is 4.86. The van der Waals surface area contributed by atoms with Crippen LogP contribution < -0.4 is 20.1 Å². The summed E-state index contributed by atoms with van der Waals surface area (Å²) in [4.78, 5) is 25.0. The molecule has 0 radical (unpaired) electrons. The number of ether oxygens (including phenoxy) is 2. The maximum Gasteiger partial charge on any atom is 0.255 e. The molecule has 0 saturated carbocycles. The molecular weight excluding hydrogens is 392 g/mol. The number of methoxy groups -OCH3 is 2. The molecule has 0 heterocycles. The van der Waals surface area contributed by atoms with Crippen LogP contribution in [0.5, 0.6) is 11.5 Å². The lowest BCUT2D eigenvalue weighted by Gasteiger charge is -2.16. The van der Waals surface area contributed by atoms with Crippen molar-refractivity contribution in [2.24, 2.45) is 0 Å². The quantitative estimate of drug-likeness (QED) is 0.608. The minimum absolute atomic E-state index is 0.290. The van der Waals surface area contributed by atoms with Crippen LogP contribution in [0.25, 0.3) is 0 Å². The third-order valence-corrected chi connectivity index (χ3v) is 4.38. The summed E-state index contributed by atoms with van der Waals surface area (Å²) < 4.78 is 10.8. The summed E-state index contributed by atoms with van der Waals surface area (Å²) in [6.07, 6.45) is 0. The molecule has 0 bridgehead atoms. The van der Waals surface area contributed by atoms with E-state index in [1.807, 2.05) is 6.07 Å². The molecule has 0 atom stereocenters. The van der Waals surface area contributed by atoms with Crippen molar-refractivity contribution in [3.05, 3.63) is 82.9 Å². The van der Waals surface area contributed by atoms with E-state index < -0.39 is 0 Å². The minimum atomic E-state index is -0.353. The van der Waals surface area contributed by atoms with E-state index in [2.05, 4.69) is 10.6 Å². The van der Waals surface area contributed by atoms with Crippen LogP contribution in [0.2, 0.25) is 5.02 Å². The predicted molar refractivity (Wildman–Crippen MR) is 113 cm³/mol. The Bertz CT molecular complexity index is 1040. The van der Waals surface area contributed by atoms with Crippen LogP contribution in [-0.4, -0.2) is 26.0 Å². The molecule has 2 N–H and O–H groups in total. The molecule has 0 unspecified atom stereocenters. The summed E-state index contributed by atoms with van der Waals surface area (Å²) in [5.41, 5.74) is 1.72. The second-order valence-electron chi connectivity index (χ2n) is 6.04. The second kappa shape index (κ2) is 9.12. The first-order valence-electron chi connectivity index (χ1n) is 8.71. The molecular formula is C22H19ClN2O4. The largest absolute Gasteiger partial charge is 0.494 e. The number of amides is 2. The van der Waals surface area contributed by atoms with Gasteiger partial charge in [-0.1, -0.05) is 35.9 Å². The Kier molecular flexibility index (Phi) is 6.36. The molecule has 0 aromatic heterocycles. The third-order valence-electron chi connectivity index (χ3n) is 4.14. The molecule has 6 nitrogen and oxygen atoms in total. The summed E-state index contributed by atoms with van der Waals surface area (Å²) in [6, 6.07) is 18.6. The smallest absolute Gasteiger partial charge is 0.255 e. The molecule has 29 heavy (non-hydrogen) atoms. The monoisotopic (exact) mass is 410 g/mol. The standard InChI is InChI=1S/C22H19ClN2O4/c1-28-19-13-18(25-22(27)15-9-6-10-16(23)11-15)20(29-2)12-17(19)24-21(26)14-7-4-3-5-8-14/h3-13H,1-2H3,(H,24,26)(H,25,27). The van der Waals surface area contributed by atoms with Gasteiger partial charge in [0, 0.05) is 28.3 Å². The number of halogens is 1. The Morgan fingerprint density at radius 3 is 1.76 bits per heavy atom. The highest BCUT2D eigenvalue weighted by molar-refractivity contribution is 6.31. The molecule has 2 amide bonds. The first-order chi connectivity index (χ1) is 14.0. The molecule has 3 aromatic carbocycles. The van der Waals surface area contributed by atoms with Gasteiger partial charge in [0.15, 0.2) is 0 Å². The maximum atomic E-state index is 12.5. The van der Waals surface area contributed by atoms with E-state index in [4.69, 9.17) is 21.1 Å². The Hall–Kier alpha value is -3.51. The number of hydrogen-bond donors (Lipinski definition) is 2. The van der Waals surface area contributed by atoms with Gasteiger partial charge in [-0.05, 0) is 30.3 Å². The highest BCUT2D eigenvalue weighted by Crippen LogP contribution is 2.37. The maximum absolute atomic E-state index is 12.5. The second-order valence-corrected chi connectivity index (χ2v) is 6.47. The first-order valence-corrected chi connectivity index (χ1v) is 9.09. The van der Waals surface area contributed by atoms with Crippen molar-refractivity contribution in [2.75, 3.05) is 24.9 Å². The molecule has 0 spiro atoms. The van der Waals surface area contributed by atoms with Crippen molar-refractivity contribution < 1.29 is 19.1 Å².